The Balaban J connectivity index is 1.63. The van der Waals surface area contributed by atoms with Gasteiger partial charge in [0.15, 0.2) is 0 Å². The minimum absolute atomic E-state index is 0.0695. The van der Waals surface area contributed by atoms with Gasteiger partial charge >= 0.3 is 0 Å². The first-order valence-corrected chi connectivity index (χ1v) is 9.44. The van der Waals surface area contributed by atoms with Gasteiger partial charge in [-0.2, -0.15) is 5.26 Å². The molecule has 0 fully saturated rings. The Bertz CT molecular complexity index is 1040. The van der Waals surface area contributed by atoms with E-state index in [9.17, 15) is 10.1 Å². The molecule has 1 heterocycles. The number of hydrogen-bond donors (Lipinski definition) is 2. The molecule has 4 heteroatoms. The Morgan fingerprint density at radius 1 is 1.14 bits per heavy atom. The average molecular weight is 371 g/mol. The lowest BCUT2D eigenvalue weighted by Gasteiger charge is -2.18. The van der Waals surface area contributed by atoms with Gasteiger partial charge in [0.2, 0.25) is 0 Å². The molecule has 0 spiro atoms. The second-order valence-electron chi connectivity index (χ2n) is 7.91. The number of nitrogens with one attached hydrogen (secondary N) is 2. The molecule has 2 N–H and O–H groups in total. The lowest BCUT2D eigenvalue weighted by atomic mass is 9.86. The van der Waals surface area contributed by atoms with E-state index >= 15 is 0 Å². The highest BCUT2D eigenvalue weighted by atomic mass is 16.1. The van der Waals surface area contributed by atoms with Crippen molar-refractivity contribution >= 4 is 22.9 Å². The zero-order chi connectivity index (χ0) is 20.1. The highest BCUT2D eigenvalue weighted by Gasteiger charge is 2.13. The zero-order valence-corrected chi connectivity index (χ0v) is 16.5. The van der Waals surface area contributed by atoms with Crippen molar-refractivity contribution in [3.05, 3.63) is 77.0 Å². The summed E-state index contributed by atoms with van der Waals surface area (Å²) in [5.74, 6) is -0.345. The molecule has 0 atom stereocenters. The monoisotopic (exact) mass is 371 g/mol. The fourth-order valence-electron chi connectivity index (χ4n) is 3.14. The molecule has 3 aromatic rings. The summed E-state index contributed by atoms with van der Waals surface area (Å²) in [5, 5.41) is 13.4. The van der Waals surface area contributed by atoms with Crippen molar-refractivity contribution < 1.29 is 4.79 Å². The lowest BCUT2D eigenvalue weighted by molar-refractivity contribution is -0.117. The number of H-pyrrole nitrogens is 1. The summed E-state index contributed by atoms with van der Waals surface area (Å²) < 4.78 is 0. The van der Waals surface area contributed by atoms with Crippen LogP contribution in [-0.2, 0) is 16.6 Å². The number of rotatable bonds is 5. The predicted molar refractivity (Wildman–Crippen MR) is 114 cm³/mol. The van der Waals surface area contributed by atoms with Crippen LogP contribution < -0.4 is 5.32 Å². The van der Waals surface area contributed by atoms with Gasteiger partial charge in [-0.3, -0.25) is 4.79 Å². The van der Waals surface area contributed by atoms with Crippen molar-refractivity contribution in [3.8, 4) is 6.07 Å². The summed E-state index contributed by atoms with van der Waals surface area (Å²) in [6.45, 7) is 6.93. The van der Waals surface area contributed by atoms with Crippen LogP contribution in [0.25, 0.3) is 17.0 Å². The van der Waals surface area contributed by atoms with Gasteiger partial charge in [-0.1, -0.05) is 63.2 Å². The van der Waals surface area contributed by atoms with Crippen molar-refractivity contribution in [2.24, 2.45) is 0 Å². The molecule has 0 unspecified atom stereocenters. The third kappa shape index (κ3) is 4.50. The standard InChI is InChI=1S/C24H25N3O/c1-24(2,3)20-10-8-17(9-11-20)14-19(15-25)23(28)26-13-12-18-16-27-22-7-5-4-6-21(18)22/h4-11,14,16,27H,12-13H2,1-3H3,(H,26,28)/b19-14+. The highest BCUT2D eigenvalue weighted by Crippen LogP contribution is 2.23. The van der Waals surface area contributed by atoms with Crippen LogP contribution in [0.1, 0.15) is 37.5 Å². The molecule has 0 saturated carbocycles. The molecule has 0 aliphatic heterocycles. The SMILES string of the molecule is CC(C)(C)c1ccc(/C=C(\C#N)C(=O)NCCc2c[nH]c3ccccc23)cc1. The Morgan fingerprint density at radius 3 is 2.54 bits per heavy atom. The number of benzene rings is 2. The van der Waals surface area contributed by atoms with E-state index in [1.54, 1.807) is 6.08 Å². The second kappa shape index (κ2) is 8.14. The molecular formula is C24H25N3O. The second-order valence-corrected chi connectivity index (χ2v) is 7.91. The van der Waals surface area contributed by atoms with E-state index in [4.69, 9.17) is 0 Å². The van der Waals surface area contributed by atoms with E-state index in [-0.39, 0.29) is 16.9 Å². The normalized spacial score (nSPS) is 12.0. The van der Waals surface area contributed by atoms with Crippen LogP contribution in [-0.4, -0.2) is 17.4 Å². The number of nitriles is 1. The Kier molecular flexibility index (Phi) is 5.65. The summed E-state index contributed by atoms with van der Waals surface area (Å²) in [6.07, 6.45) is 4.30. The smallest absolute Gasteiger partial charge is 0.261 e. The molecule has 0 aliphatic rings. The largest absolute Gasteiger partial charge is 0.361 e. The Labute approximate surface area is 165 Å². The topological polar surface area (TPSA) is 68.7 Å². The minimum atomic E-state index is -0.345. The van der Waals surface area contributed by atoms with Crippen LogP contribution in [0.3, 0.4) is 0 Å². The first-order valence-electron chi connectivity index (χ1n) is 9.44. The first-order chi connectivity index (χ1) is 13.4. The maximum absolute atomic E-state index is 12.4. The van der Waals surface area contributed by atoms with Gasteiger partial charge in [0.1, 0.15) is 11.6 Å². The van der Waals surface area contributed by atoms with Crippen molar-refractivity contribution in [1.82, 2.24) is 10.3 Å². The quantitative estimate of drug-likeness (QED) is 0.503. The molecule has 28 heavy (non-hydrogen) atoms. The molecule has 0 bridgehead atoms. The molecular weight excluding hydrogens is 346 g/mol. The fourth-order valence-corrected chi connectivity index (χ4v) is 3.14. The van der Waals surface area contributed by atoms with Crippen LogP contribution >= 0.6 is 0 Å². The van der Waals surface area contributed by atoms with Gasteiger partial charge in [-0.05, 0) is 40.7 Å². The Hall–Kier alpha value is -3.32. The number of carbonyl (C=O) groups excluding carboxylic acids is 1. The summed E-state index contributed by atoms with van der Waals surface area (Å²) >= 11 is 0. The summed E-state index contributed by atoms with van der Waals surface area (Å²) in [7, 11) is 0. The van der Waals surface area contributed by atoms with Crippen LogP contribution in [0.15, 0.2) is 60.3 Å². The lowest BCUT2D eigenvalue weighted by Crippen LogP contribution is -2.26. The molecule has 4 nitrogen and oxygen atoms in total. The van der Waals surface area contributed by atoms with Crippen LogP contribution in [0.5, 0.6) is 0 Å². The van der Waals surface area contributed by atoms with Gasteiger partial charge in [-0.15, -0.1) is 0 Å². The van der Waals surface area contributed by atoms with Crippen LogP contribution in [0.2, 0.25) is 0 Å². The van der Waals surface area contributed by atoms with E-state index in [1.807, 2.05) is 54.7 Å². The van der Waals surface area contributed by atoms with Gasteiger partial charge in [0.25, 0.3) is 5.91 Å². The fraction of sp³-hybridized carbons (Fsp3) is 0.250. The number of para-hydroxylation sites is 1. The van der Waals surface area contributed by atoms with E-state index in [1.165, 1.54) is 5.56 Å². The van der Waals surface area contributed by atoms with E-state index < -0.39 is 0 Å². The van der Waals surface area contributed by atoms with Crippen LogP contribution in [0.4, 0.5) is 0 Å². The Morgan fingerprint density at radius 2 is 1.86 bits per heavy atom. The van der Waals surface area contributed by atoms with Crippen molar-refractivity contribution in [1.29, 1.82) is 5.26 Å². The number of carbonyl (C=O) groups is 1. The van der Waals surface area contributed by atoms with Crippen molar-refractivity contribution in [2.75, 3.05) is 6.54 Å². The maximum Gasteiger partial charge on any atom is 0.261 e. The third-order valence-electron chi connectivity index (χ3n) is 4.81. The third-order valence-corrected chi connectivity index (χ3v) is 4.81. The van der Waals surface area contributed by atoms with E-state index in [2.05, 4.69) is 37.1 Å². The molecule has 0 radical (unpaired) electrons. The van der Waals surface area contributed by atoms with Gasteiger partial charge < -0.3 is 10.3 Å². The van der Waals surface area contributed by atoms with Gasteiger partial charge in [-0.25, -0.2) is 0 Å². The molecule has 3 rings (SSSR count). The van der Waals surface area contributed by atoms with E-state index in [0.717, 1.165) is 22.0 Å². The van der Waals surface area contributed by atoms with Crippen molar-refractivity contribution in [3.63, 3.8) is 0 Å². The highest BCUT2D eigenvalue weighted by molar-refractivity contribution is 6.01. The number of aromatic amines is 1. The minimum Gasteiger partial charge on any atom is -0.361 e. The average Bonchev–Trinajstić information content (AvgIpc) is 3.09. The molecule has 0 aliphatic carbocycles. The summed E-state index contributed by atoms with van der Waals surface area (Å²) in [5.41, 5.74) is 4.47. The van der Waals surface area contributed by atoms with Gasteiger partial charge in [0, 0.05) is 23.6 Å². The molecule has 2 aromatic carbocycles. The van der Waals surface area contributed by atoms with Gasteiger partial charge in [0.05, 0.1) is 0 Å². The van der Waals surface area contributed by atoms with Crippen LogP contribution in [0, 0.1) is 11.3 Å². The molecule has 1 aromatic heterocycles. The number of amides is 1. The number of hydrogen-bond acceptors (Lipinski definition) is 2. The first kappa shape index (κ1) is 19.4. The van der Waals surface area contributed by atoms with E-state index in [0.29, 0.717) is 13.0 Å². The molecule has 142 valence electrons. The summed E-state index contributed by atoms with van der Waals surface area (Å²) in [6, 6.07) is 18.0. The number of nitrogens with zero attached hydrogens (tertiary/aromatic N) is 1. The molecule has 1 amide bonds. The zero-order valence-electron chi connectivity index (χ0n) is 16.5. The predicted octanol–water partition coefficient (Wildman–Crippen LogP) is 4.73. The molecule has 0 saturated heterocycles. The number of fused-ring (bicyclic) bond motifs is 1. The number of aromatic nitrogens is 1. The maximum atomic E-state index is 12.4. The van der Waals surface area contributed by atoms with Crippen molar-refractivity contribution in [2.45, 2.75) is 32.6 Å². The summed E-state index contributed by atoms with van der Waals surface area (Å²) in [4.78, 5) is 15.6.